The van der Waals surface area contributed by atoms with Crippen LogP contribution in [0, 0.1) is 5.92 Å². The van der Waals surface area contributed by atoms with Crippen molar-refractivity contribution in [1.29, 1.82) is 0 Å². The van der Waals surface area contributed by atoms with Gasteiger partial charge < -0.3 is 43.4 Å². The lowest BCUT2D eigenvalue weighted by Crippen LogP contribution is -2.57. The molecule has 0 fully saturated rings. The number of nitrogens with one attached hydrogen (secondary N) is 3. The molecule has 0 aliphatic carbocycles. The molecule has 0 aromatic heterocycles. The number of hydrogen-bond acceptors (Lipinski definition) is 8. The third-order valence-electron chi connectivity index (χ3n) is 4.75. The largest absolute Gasteiger partial charge is 0.480 e. The number of carbonyl (C=O) groups is 5. The number of carboxylic acid groups (broad SMARTS) is 1. The molecule has 0 rings (SSSR count). The zero-order valence-corrected chi connectivity index (χ0v) is 19.2. The van der Waals surface area contributed by atoms with Gasteiger partial charge in [0.1, 0.15) is 18.1 Å². The molecule has 0 saturated heterocycles. The van der Waals surface area contributed by atoms with Crippen molar-refractivity contribution in [2.45, 2.75) is 76.5 Å². The van der Waals surface area contributed by atoms with E-state index in [2.05, 4.69) is 16.0 Å². The van der Waals surface area contributed by atoms with E-state index in [1.54, 1.807) is 0 Å². The van der Waals surface area contributed by atoms with Gasteiger partial charge in [0.15, 0.2) is 0 Å². The number of primary amides is 1. The minimum Gasteiger partial charge on any atom is -0.480 e. The van der Waals surface area contributed by atoms with Crippen LogP contribution in [0.1, 0.15) is 52.4 Å². The first-order chi connectivity index (χ1) is 15.4. The smallest absolute Gasteiger partial charge is 0.328 e. The Bertz CT molecular complexity index is 673. The molecule has 0 radical (unpaired) electrons. The van der Waals surface area contributed by atoms with Crippen LogP contribution in [0.2, 0.25) is 0 Å². The van der Waals surface area contributed by atoms with Gasteiger partial charge in [-0.1, -0.05) is 13.8 Å². The van der Waals surface area contributed by atoms with E-state index in [1.807, 2.05) is 13.8 Å². The quantitative estimate of drug-likeness (QED) is 0.102. The highest BCUT2D eigenvalue weighted by Crippen LogP contribution is 2.07. The van der Waals surface area contributed by atoms with Gasteiger partial charge in [0.25, 0.3) is 0 Å². The Morgan fingerprint density at radius 3 is 1.82 bits per heavy atom. The van der Waals surface area contributed by atoms with Crippen LogP contribution < -0.4 is 33.2 Å². The van der Waals surface area contributed by atoms with Gasteiger partial charge in [-0.05, 0) is 44.6 Å². The third-order valence-corrected chi connectivity index (χ3v) is 4.75. The maximum Gasteiger partial charge on any atom is 0.328 e. The van der Waals surface area contributed by atoms with Crippen molar-refractivity contribution in [3.05, 3.63) is 0 Å². The molecule has 33 heavy (non-hydrogen) atoms. The van der Waals surface area contributed by atoms with Crippen molar-refractivity contribution >= 4 is 29.6 Å². The summed E-state index contributed by atoms with van der Waals surface area (Å²) < 4.78 is 0. The maximum absolute atomic E-state index is 12.9. The van der Waals surface area contributed by atoms with E-state index in [-0.39, 0.29) is 25.2 Å². The number of aliphatic carboxylic acids is 1. The van der Waals surface area contributed by atoms with Crippen molar-refractivity contribution in [3.8, 4) is 0 Å². The Morgan fingerprint density at radius 2 is 1.36 bits per heavy atom. The maximum atomic E-state index is 12.9. The van der Waals surface area contributed by atoms with Crippen LogP contribution in [0.15, 0.2) is 0 Å². The predicted octanol–water partition coefficient (Wildman–Crippen LogP) is -2.71. The Kier molecular flexibility index (Phi) is 14.6. The van der Waals surface area contributed by atoms with E-state index in [9.17, 15) is 24.0 Å². The van der Waals surface area contributed by atoms with Crippen molar-refractivity contribution in [3.63, 3.8) is 0 Å². The Labute approximate surface area is 193 Å². The molecule has 0 spiro atoms. The zero-order chi connectivity index (χ0) is 25.6. The van der Waals surface area contributed by atoms with Gasteiger partial charge in [0.05, 0.1) is 12.6 Å². The first-order valence-electron chi connectivity index (χ1n) is 10.9. The molecule has 0 saturated carbocycles. The summed E-state index contributed by atoms with van der Waals surface area (Å²) in [5, 5.41) is 25.3. The fourth-order valence-corrected chi connectivity index (χ4v) is 2.94. The summed E-state index contributed by atoms with van der Waals surface area (Å²) in [6, 6.07) is -4.78. The number of nitrogens with two attached hydrogens (primary N) is 3. The highest BCUT2D eigenvalue weighted by molar-refractivity contribution is 5.94. The summed E-state index contributed by atoms with van der Waals surface area (Å²) in [5.41, 5.74) is 16.5. The number of carboxylic acids is 1. The molecule has 4 atom stereocenters. The zero-order valence-electron chi connectivity index (χ0n) is 19.2. The van der Waals surface area contributed by atoms with E-state index >= 15 is 0 Å². The topological polar surface area (TPSA) is 240 Å². The normalized spacial score (nSPS) is 14.6. The van der Waals surface area contributed by atoms with E-state index in [4.69, 9.17) is 27.4 Å². The van der Waals surface area contributed by atoms with Gasteiger partial charge in [-0.25, -0.2) is 4.79 Å². The summed E-state index contributed by atoms with van der Waals surface area (Å²) >= 11 is 0. The lowest BCUT2D eigenvalue weighted by Gasteiger charge is -2.25. The van der Waals surface area contributed by atoms with Crippen LogP contribution in [0.3, 0.4) is 0 Å². The number of amides is 4. The second-order valence-corrected chi connectivity index (χ2v) is 8.23. The summed E-state index contributed by atoms with van der Waals surface area (Å²) in [7, 11) is 0. The Morgan fingerprint density at radius 1 is 0.848 bits per heavy atom. The molecule has 13 nitrogen and oxygen atoms in total. The van der Waals surface area contributed by atoms with Crippen LogP contribution in [-0.4, -0.2) is 77.1 Å². The van der Waals surface area contributed by atoms with Crippen LogP contribution in [0.5, 0.6) is 0 Å². The first kappa shape index (κ1) is 30.2. The van der Waals surface area contributed by atoms with Gasteiger partial charge in [0.2, 0.25) is 23.6 Å². The lowest BCUT2D eigenvalue weighted by molar-refractivity contribution is -0.143. The van der Waals surface area contributed by atoms with Crippen LogP contribution in [0.4, 0.5) is 0 Å². The van der Waals surface area contributed by atoms with Gasteiger partial charge in [0, 0.05) is 6.42 Å². The van der Waals surface area contributed by atoms with E-state index in [1.165, 1.54) is 0 Å². The molecule has 0 aliphatic heterocycles. The summed E-state index contributed by atoms with van der Waals surface area (Å²) in [5.74, 6) is -4.17. The summed E-state index contributed by atoms with van der Waals surface area (Å²) in [6.07, 6.45) is 1.19. The van der Waals surface area contributed by atoms with Gasteiger partial charge in [-0.2, -0.15) is 0 Å². The SMILES string of the molecule is CC(C)CC(N)C(=O)NC(CCC(N)=O)C(=O)NC(CCCCN)C(=O)NC(CO)C(=O)O. The van der Waals surface area contributed by atoms with E-state index in [0.29, 0.717) is 25.8 Å². The fraction of sp³-hybridized carbons (Fsp3) is 0.750. The molecule has 0 aromatic rings. The minimum absolute atomic E-state index is 0.118. The highest BCUT2D eigenvalue weighted by atomic mass is 16.4. The molecule has 11 N–H and O–H groups in total. The number of unbranched alkanes of at least 4 members (excludes halogenated alkanes) is 1. The number of rotatable bonds is 17. The molecule has 0 bridgehead atoms. The molecule has 13 heteroatoms. The van der Waals surface area contributed by atoms with Crippen LogP contribution in [0.25, 0.3) is 0 Å². The van der Waals surface area contributed by atoms with Crippen molar-refractivity contribution < 1.29 is 34.2 Å². The molecule has 4 amide bonds. The van der Waals surface area contributed by atoms with E-state index in [0.717, 1.165) is 0 Å². The van der Waals surface area contributed by atoms with Crippen molar-refractivity contribution in [1.82, 2.24) is 16.0 Å². The van der Waals surface area contributed by atoms with Gasteiger partial charge in [-0.3, -0.25) is 19.2 Å². The number of aliphatic hydroxyl groups is 1. The van der Waals surface area contributed by atoms with Gasteiger partial charge in [-0.15, -0.1) is 0 Å². The standard InChI is InChI=1S/C20H38N6O7/c1-11(2)9-12(22)17(29)24-14(6-7-16(23)28)19(31)25-13(5-3-4-8-21)18(30)26-15(10-27)20(32)33/h11-15,27H,3-10,21-22H2,1-2H3,(H2,23,28)(H,24,29)(H,25,31)(H,26,30)(H,32,33). The first-order valence-corrected chi connectivity index (χ1v) is 10.9. The number of hydrogen-bond donors (Lipinski definition) is 8. The second kappa shape index (κ2) is 15.9. The van der Waals surface area contributed by atoms with Crippen molar-refractivity contribution in [2.24, 2.45) is 23.1 Å². The van der Waals surface area contributed by atoms with Crippen LogP contribution >= 0.6 is 0 Å². The monoisotopic (exact) mass is 474 g/mol. The summed E-state index contributed by atoms with van der Waals surface area (Å²) in [6.45, 7) is 3.27. The lowest BCUT2D eigenvalue weighted by atomic mass is 10.0. The molecule has 190 valence electrons. The third kappa shape index (κ3) is 12.7. The van der Waals surface area contributed by atoms with Gasteiger partial charge >= 0.3 is 5.97 Å². The van der Waals surface area contributed by atoms with Crippen molar-refractivity contribution in [2.75, 3.05) is 13.2 Å². The average Bonchev–Trinajstić information content (AvgIpc) is 2.72. The number of carbonyl (C=O) groups excluding carboxylic acids is 4. The second-order valence-electron chi connectivity index (χ2n) is 8.23. The number of aliphatic hydroxyl groups excluding tert-OH is 1. The molecule has 4 unspecified atom stereocenters. The Hall–Kier alpha value is -2.77. The van der Waals surface area contributed by atoms with Crippen LogP contribution in [-0.2, 0) is 24.0 Å². The van der Waals surface area contributed by atoms with E-state index < -0.39 is 60.4 Å². The predicted molar refractivity (Wildman–Crippen MR) is 119 cm³/mol. The molecule has 0 aromatic carbocycles. The minimum atomic E-state index is -1.55. The fourth-order valence-electron chi connectivity index (χ4n) is 2.94. The molecular formula is C20H38N6O7. The molecule has 0 heterocycles. The molecule has 0 aliphatic rings. The average molecular weight is 475 g/mol. The highest BCUT2D eigenvalue weighted by Gasteiger charge is 2.30. The summed E-state index contributed by atoms with van der Waals surface area (Å²) in [4.78, 5) is 60.2. The Balaban J connectivity index is 5.47. The molecular weight excluding hydrogens is 436 g/mol.